The topological polar surface area (TPSA) is 76.1 Å². The highest BCUT2D eigenvalue weighted by Gasteiger charge is 2.13. The third-order valence-electron chi connectivity index (χ3n) is 1.35. The van der Waals surface area contributed by atoms with Crippen molar-refractivity contribution in [3.63, 3.8) is 0 Å². The maximum absolute atomic E-state index is 11.0. The van der Waals surface area contributed by atoms with Crippen LogP contribution >= 0.6 is 33.3 Å². The van der Waals surface area contributed by atoms with E-state index in [4.69, 9.17) is 10.7 Å². The summed E-state index contributed by atoms with van der Waals surface area (Å²) in [6, 6.07) is 2.51. The Hall–Kier alpha value is -0.410. The van der Waals surface area contributed by atoms with Gasteiger partial charge in [-0.15, -0.1) is 0 Å². The number of nitrogens with one attached hydrogen (secondary N) is 1. The normalized spacial score (nSPS) is 11.1. The summed E-state index contributed by atoms with van der Waals surface area (Å²) in [5, 5.41) is 2.38. The maximum Gasteiger partial charge on any atom is 0.261 e. The minimum Gasteiger partial charge on any atom is -0.311 e. The number of aromatic nitrogens is 1. The summed E-state index contributed by atoms with van der Waals surface area (Å²) < 4.78 is 22.5. The van der Waals surface area contributed by atoms with Crippen molar-refractivity contribution < 1.29 is 13.2 Å². The molecular formula is C7H6ClIN2O3S. The van der Waals surface area contributed by atoms with Gasteiger partial charge >= 0.3 is 0 Å². The van der Waals surface area contributed by atoms with Crippen molar-refractivity contribution in [3.05, 3.63) is 15.8 Å². The predicted molar refractivity (Wildman–Crippen MR) is 64.3 cm³/mol. The van der Waals surface area contributed by atoms with E-state index in [0.29, 0.717) is 3.70 Å². The third kappa shape index (κ3) is 3.92. The molecule has 0 aromatic carbocycles. The summed E-state index contributed by atoms with van der Waals surface area (Å²) in [4.78, 5) is 14.6. The summed E-state index contributed by atoms with van der Waals surface area (Å²) in [5.41, 5.74) is 0. The number of amides is 1. The van der Waals surface area contributed by atoms with Crippen molar-refractivity contribution in [2.24, 2.45) is 0 Å². The first-order valence-electron chi connectivity index (χ1n) is 3.69. The molecule has 1 aromatic heterocycles. The molecular weight excluding hydrogens is 355 g/mol. The van der Waals surface area contributed by atoms with E-state index in [0.717, 1.165) is 0 Å². The monoisotopic (exact) mass is 360 g/mol. The zero-order valence-corrected chi connectivity index (χ0v) is 11.2. The van der Waals surface area contributed by atoms with Crippen molar-refractivity contribution in [2.45, 2.75) is 11.8 Å². The van der Waals surface area contributed by atoms with Gasteiger partial charge in [-0.2, -0.15) is 0 Å². The van der Waals surface area contributed by atoms with E-state index >= 15 is 0 Å². The second kappa shape index (κ2) is 4.62. The van der Waals surface area contributed by atoms with Crippen LogP contribution in [0.25, 0.3) is 0 Å². The molecule has 0 aliphatic heterocycles. The molecule has 0 aliphatic carbocycles. The van der Waals surface area contributed by atoms with Gasteiger partial charge in [-0.3, -0.25) is 4.79 Å². The van der Waals surface area contributed by atoms with Gasteiger partial charge in [0.05, 0.1) is 4.90 Å². The third-order valence-corrected chi connectivity index (χ3v) is 3.24. The molecule has 1 heterocycles. The van der Waals surface area contributed by atoms with E-state index in [1.54, 1.807) is 0 Å². The summed E-state index contributed by atoms with van der Waals surface area (Å²) in [6.07, 6.45) is 0. The van der Waals surface area contributed by atoms with Gasteiger partial charge < -0.3 is 5.32 Å². The number of nitrogens with zero attached hydrogens (tertiary/aromatic N) is 1. The number of hydrogen-bond acceptors (Lipinski definition) is 4. The second-order valence-corrected chi connectivity index (χ2v) is 6.30. The van der Waals surface area contributed by atoms with Gasteiger partial charge in [-0.05, 0) is 28.7 Å². The lowest BCUT2D eigenvalue weighted by molar-refractivity contribution is -0.114. The molecule has 0 atom stereocenters. The average Bonchev–Trinajstić information content (AvgIpc) is 1.99. The van der Waals surface area contributed by atoms with E-state index < -0.39 is 9.05 Å². The van der Waals surface area contributed by atoms with Crippen LogP contribution in [-0.2, 0) is 13.8 Å². The summed E-state index contributed by atoms with van der Waals surface area (Å²) in [5.74, 6) is -0.170. The Morgan fingerprint density at radius 2 is 2.13 bits per heavy atom. The van der Waals surface area contributed by atoms with Crippen molar-refractivity contribution in [3.8, 4) is 0 Å². The number of carbonyl (C=O) groups is 1. The fourth-order valence-corrected chi connectivity index (χ4v) is 2.44. The van der Waals surface area contributed by atoms with Crippen LogP contribution in [0.3, 0.4) is 0 Å². The van der Waals surface area contributed by atoms with Crippen molar-refractivity contribution in [1.29, 1.82) is 0 Å². The van der Waals surface area contributed by atoms with Crippen molar-refractivity contribution in [2.75, 3.05) is 5.32 Å². The quantitative estimate of drug-likeness (QED) is 0.493. The van der Waals surface area contributed by atoms with Crippen LogP contribution in [0, 0.1) is 3.70 Å². The van der Waals surface area contributed by atoms with Gasteiger partial charge in [0.25, 0.3) is 9.05 Å². The highest BCUT2D eigenvalue weighted by Crippen LogP contribution is 2.20. The molecule has 82 valence electrons. The highest BCUT2D eigenvalue weighted by molar-refractivity contribution is 14.1. The molecule has 0 radical (unpaired) electrons. The molecule has 0 spiro atoms. The van der Waals surface area contributed by atoms with Crippen molar-refractivity contribution >= 4 is 54.0 Å². The highest BCUT2D eigenvalue weighted by atomic mass is 127. The van der Waals surface area contributed by atoms with Crippen LogP contribution < -0.4 is 5.32 Å². The van der Waals surface area contributed by atoms with Gasteiger partial charge in [-0.1, -0.05) is 0 Å². The van der Waals surface area contributed by atoms with Gasteiger partial charge in [0, 0.05) is 23.7 Å². The summed E-state index contributed by atoms with van der Waals surface area (Å²) >= 11 is 1.83. The first-order chi connectivity index (χ1) is 6.79. The average molecular weight is 361 g/mol. The van der Waals surface area contributed by atoms with Crippen LogP contribution in [0.1, 0.15) is 6.92 Å². The Balaban J connectivity index is 3.23. The van der Waals surface area contributed by atoms with E-state index in [1.807, 2.05) is 22.6 Å². The smallest absolute Gasteiger partial charge is 0.261 e. The molecule has 8 heteroatoms. The molecule has 1 rings (SSSR count). The molecule has 1 N–H and O–H groups in total. The number of anilines is 1. The largest absolute Gasteiger partial charge is 0.311 e. The molecule has 0 aliphatic rings. The molecule has 5 nitrogen and oxygen atoms in total. The second-order valence-electron chi connectivity index (χ2n) is 2.63. The number of carbonyl (C=O) groups excluding carboxylic acids is 1. The summed E-state index contributed by atoms with van der Waals surface area (Å²) in [6.45, 7) is 1.30. The Labute approximate surface area is 105 Å². The van der Waals surface area contributed by atoms with Crippen LogP contribution in [0.2, 0.25) is 0 Å². The Morgan fingerprint density at radius 3 is 2.60 bits per heavy atom. The first-order valence-corrected chi connectivity index (χ1v) is 7.07. The summed E-state index contributed by atoms with van der Waals surface area (Å²) in [7, 11) is 1.36. The fraction of sp³-hybridized carbons (Fsp3) is 0.143. The molecule has 0 bridgehead atoms. The zero-order valence-electron chi connectivity index (χ0n) is 7.49. The minimum atomic E-state index is -3.81. The number of hydrogen-bond donors (Lipinski definition) is 1. The lowest BCUT2D eigenvalue weighted by atomic mass is 10.4. The van der Waals surface area contributed by atoms with E-state index in [-0.39, 0.29) is 16.6 Å². The molecule has 1 aromatic rings. The van der Waals surface area contributed by atoms with E-state index in [9.17, 15) is 13.2 Å². The van der Waals surface area contributed by atoms with Gasteiger partial charge in [0.2, 0.25) is 5.91 Å². The van der Waals surface area contributed by atoms with Crippen LogP contribution in [0.5, 0.6) is 0 Å². The van der Waals surface area contributed by atoms with Gasteiger partial charge in [-0.25, -0.2) is 13.4 Å². The molecule has 0 unspecified atom stereocenters. The van der Waals surface area contributed by atoms with Gasteiger partial charge in [0.15, 0.2) is 0 Å². The molecule has 1 amide bonds. The van der Waals surface area contributed by atoms with E-state index in [1.165, 1.54) is 19.1 Å². The SMILES string of the molecule is CC(=O)Nc1cc(S(=O)(=O)Cl)cc(I)n1. The zero-order chi connectivity index (χ0) is 11.6. The van der Waals surface area contributed by atoms with E-state index in [2.05, 4.69) is 10.3 Å². The predicted octanol–water partition coefficient (Wildman–Crippen LogP) is 1.57. The standard InChI is InChI=1S/C7H6ClIN2O3S/c1-4(12)10-7-3-5(15(8,13)14)2-6(9)11-7/h2-3H,1H3,(H,10,11,12). The fourth-order valence-electron chi connectivity index (χ4n) is 0.859. The number of halogens is 2. The minimum absolute atomic E-state index is 0.0904. The van der Waals surface area contributed by atoms with Gasteiger partial charge in [0.1, 0.15) is 9.52 Å². The first kappa shape index (κ1) is 12.7. The Kier molecular flexibility index (Phi) is 3.90. The van der Waals surface area contributed by atoms with Crippen LogP contribution in [-0.4, -0.2) is 19.3 Å². The van der Waals surface area contributed by atoms with Crippen molar-refractivity contribution in [1.82, 2.24) is 4.98 Å². The maximum atomic E-state index is 11.0. The van der Waals surface area contributed by atoms with Crippen LogP contribution in [0.15, 0.2) is 17.0 Å². The molecule has 0 saturated heterocycles. The van der Waals surface area contributed by atoms with Crippen LogP contribution in [0.4, 0.5) is 5.82 Å². The Morgan fingerprint density at radius 1 is 1.53 bits per heavy atom. The lowest BCUT2D eigenvalue weighted by Crippen LogP contribution is -2.08. The Bertz CT molecular complexity index is 503. The molecule has 15 heavy (non-hydrogen) atoms. The molecule has 0 saturated carbocycles. The lowest BCUT2D eigenvalue weighted by Gasteiger charge is -2.03. The number of rotatable bonds is 2. The number of pyridine rings is 1. The molecule has 0 fully saturated rings.